The van der Waals surface area contributed by atoms with Gasteiger partial charge in [0.1, 0.15) is 5.82 Å². The summed E-state index contributed by atoms with van der Waals surface area (Å²) in [6, 6.07) is 3.91. The number of carbonyl (C=O) groups excluding carboxylic acids is 1. The zero-order valence-corrected chi connectivity index (χ0v) is 13.3. The summed E-state index contributed by atoms with van der Waals surface area (Å²) in [6.07, 6.45) is 3.55. The lowest BCUT2D eigenvalue weighted by molar-refractivity contribution is -0.143. The van der Waals surface area contributed by atoms with Crippen LogP contribution < -0.4 is 4.90 Å². The zero-order valence-electron chi connectivity index (χ0n) is 13.3. The van der Waals surface area contributed by atoms with Crippen LogP contribution in [0.25, 0.3) is 5.65 Å². The van der Waals surface area contributed by atoms with Crippen molar-refractivity contribution in [3.63, 3.8) is 0 Å². The zero-order chi connectivity index (χ0) is 15.8. The monoisotopic (exact) mass is 315 g/mol. The molecule has 122 valence electrons. The number of amides is 1. The lowest BCUT2D eigenvalue weighted by Crippen LogP contribution is -2.51. The van der Waals surface area contributed by atoms with Gasteiger partial charge in [-0.3, -0.25) is 4.79 Å². The van der Waals surface area contributed by atoms with Crippen LogP contribution in [0, 0.1) is 6.92 Å². The van der Waals surface area contributed by atoms with Crippen molar-refractivity contribution in [2.45, 2.75) is 25.9 Å². The molecule has 0 saturated carbocycles. The molecule has 2 aromatic heterocycles. The third kappa shape index (κ3) is 2.65. The molecule has 7 heteroatoms. The predicted octanol–water partition coefficient (Wildman–Crippen LogP) is 0.865. The van der Waals surface area contributed by atoms with Gasteiger partial charge in [0, 0.05) is 37.5 Å². The number of aryl methyl sites for hydroxylation is 1. The molecule has 0 bridgehead atoms. The summed E-state index contributed by atoms with van der Waals surface area (Å²) in [6.45, 7) is 5.56. The van der Waals surface area contributed by atoms with Crippen molar-refractivity contribution in [2.24, 2.45) is 0 Å². The highest BCUT2D eigenvalue weighted by atomic mass is 16.5. The number of hydrogen-bond acceptors (Lipinski definition) is 5. The Balaban J connectivity index is 1.58. The fourth-order valence-corrected chi connectivity index (χ4v) is 3.39. The van der Waals surface area contributed by atoms with Crippen molar-refractivity contribution < 1.29 is 9.53 Å². The SMILES string of the molecule is Cc1cc(N2CCOC(C(=O)N3CCCC3)C2)n2nccc2n1. The molecule has 2 aromatic rings. The lowest BCUT2D eigenvalue weighted by atomic mass is 10.2. The molecule has 1 atom stereocenters. The summed E-state index contributed by atoms with van der Waals surface area (Å²) in [7, 11) is 0. The molecule has 23 heavy (non-hydrogen) atoms. The smallest absolute Gasteiger partial charge is 0.253 e. The molecule has 2 saturated heterocycles. The summed E-state index contributed by atoms with van der Waals surface area (Å²) in [4.78, 5) is 21.2. The molecule has 2 aliphatic heterocycles. The predicted molar refractivity (Wildman–Crippen MR) is 85.5 cm³/mol. The van der Waals surface area contributed by atoms with E-state index < -0.39 is 0 Å². The Morgan fingerprint density at radius 2 is 2.13 bits per heavy atom. The second-order valence-electron chi connectivity index (χ2n) is 6.19. The van der Waals surface area contributed by atoms with Crippen LogP contribution in [0.4, 0.5) is 5.82 Å². The van der Waals surface area contributed by atoms with Crippen LogP contribution in [-0.2, 0) is 9.53 Å². The van der Waals surface area contributed by atoms with Gasteiger partial charge in [0.2, 0.25) is 0 Å². The molecule has 4 heterocycles. The number of hydrogen-bond donors (Lipinski definition) is 0. The molecular weight excluding hydrogens is 294 g/mol. The molecule has 0 N–H and O–H groups in total. The number of morpholine rings is 1. The van der Waals surface area contributed by atoms with Gasteiger partial charge in [-0.05, 0) is 19.8 Å². The summed E-state index contributed by atoms with van der Waals surface area (Å²) in [5.74, 6) is 1.09. The molecule has 0 aromatic carbocycles. The normalized spacial score (nSPS) is 22.0. The van der Waals surface area contributed by atoms with Crippen LogP contribution >= 0.6 is 0 Å². The molecule has 1 unspecified atom stereocenters. The van der Waals surface area contributed by atoms with E-state index in [9.17, 15) is 4.79 Å². The van der Waals surface area contributed by atoms with E-state index in [1.165, 1.54) is 0 Å². The Kier molecular flexibility index (Phi) is 3.65. The van der Waals surface area contributed by atoms with Crippen LogP contribution in [0.3, 0.4) is 0 Å². The Morgan fingerprint density at radius 3 is 2.96 bits per heavy atom. The average molecular weight is 315 g/mol. The minimum atomic E-state index is -0.388. The molecule has 7 nitrogen and oxygen atoms in total. The maximum Gasteiger partial charge on any atom is 0.253 e. The highest BCUT2D eigenvalue weighted by Gasteiger charge is 2.32. The summed E-state index contributed by atoms with van der Waals surface area (Å²) in [5, 5.41) is 4.36. The highest BCUT2D eigenvalue weighted by molar-refractivity contribution is 5.82. The van der Waals surface area contributed by atoms with Gasteiger partial charge in [0.05, 0.1) is 19.3 Å². The molecule has 1 amide bonds. The van der Waals surface area contributed by atoms with E-state index in [4.69, 9.17) is 4.74 Å². The first-order valence-corrected chi connectivity index (χ1v) is 8.19. The fourth-order valence-electron chi connectivity index (χ4n) is 3.39. The van der Waals surface area contributed by atoms with E-state index >= 15 is 0 Å². The Labute approximate surface area is 134 Å². The Morgan fingerprint density at radius 1 is 1.30 bits per heavy atom. The van der Waals surface area contributed by atoms with Gasteiger partial charge in [-0.2, -0.15) is 9.61 Å². The average Bonchev–Trinajstić information content (AvgIpc) is 3.24. The van der Waals surface area contributed by atoms with Gasteiger partial charge in [-0.15, -0.1) is 0 Å². The first-order chi connectivity index (χ1) is 11.2. The van der Waals surface area contributed by atoms with Crippen molar-refractivity contribution in [2.75, 3.05) is 37.7 Å². The van der Waals surface area contributed by atoms with E-state index in [2.05, 4.69) is 15.0 Å². The van der Waals surface area contributed by atoms with E-state index in [0.29, 0.717) is 13.2 Å². The maximum atomic E-state index is 12.6. The molecule has 0 aliphatic carbocycles. The number of nitrogens with zero attached hydrogens (tertiary/aromatic N) is 5. The van der Waals surface area contributed by atoms with Gasteiger partial charge >= 0.3 is 0 Å². The second kappa shape index (κ2) is 5.81. The largest absolute Gasteiger partial charge is 0.365 e. The fraction of sp³-hybridized carbons (Fsp3) is 0.562. The van der Waals surface area contributed by atoms with Gasteiger partial charge in [-0.25, -0.2) is 4.98 Å². The number of aromatic nitrogens is 3. The molecule has 2 aliphatic rings. The van der Waals surface area contributed by atoms with E-state index in [1.807, 2.05) is 28.5 Å². The molecule has 0 radical (unpaired) electrons. The standard InChI is InChI=1S/C16H21N5O2/c1-12-10-15(21-14(18-12)4-5-17-21)20-8-9-23-13(11-20)16(22)19-6-2-3-7-19/h4-5,10,13H,2-3,6-9,11H2,1H3. The van der Waals surface area contributed by atoms with Gasteiger partial charge < -0.3 is 14.5 Å². The minimum absolute atomic E-state index is 0.120. The number of ether oxygens (including phenoxy) is 1. The van der Waals surface area contributed by atoms with E-state index in [-0.39, 0.29) is 12.0 Å². The van der Waals surface area contributed by atoms with Crippen molar-refractivity contribution in [3.8, 4) is 0 Å². The summed E-state index contributed by atoms with van der Waals surface area (Å²) in [5.41, 5.74) is 1.77. The molecular formula is C16H21N5O2. The third-order valence-corrected chi connectivity index (χ3v) is 4.55. The van der Waals surface area contributed by atoms with E-state index in [1.54, 1.807) is 6.20 Å². The lowest BCUT2D eigenvalue weighted by Gasteiger charge is -2.35. The Bertz CT molecular complexity index is 722. The van der Waals surface area contributed by atoms with Crippen LogP contribution in [0.2, 0.25) is 0 Å². The van der Waals surface area contributed by atoms with Crippen LogP contribution in [0.15, 0.2) is 18.3 Å². The van der Waals surface area contributed by atoms with Gasteiger partial charge in [0.25, 0.3) is 5.91 Å². The first kappa shape index (κ1) is 14.4. The van der Waals surface area contributed by atoms with Crippen molar-refractivity contribution in [1.82, 2.24) is 19.5 Å². The van der Waals surface area contributed by atoms with Crippen LogP contribution in [-0.4, -0.2) is 64.3 Å². The van der Waals surface area contributed by atoms with Gasteiger partial charge in [-0.1, -0.05) is 0 Å². The third-order valence-electron chi connectivity index (χ3n) is 4.55. The topological polar surface area (TPSA) is 63.0 Å². The molecule has 0 spiro atoms. The van der Waals surface area contributed by atoms with Crippen molar-refractivity contribution in [1.29, 1.82) is 0 Å². The van der Waals surface area contributed by atoms with E-state index in [0.717, 1.165) is 49.6 Å². The summed E-state index contributed by atoms with van der Waals surface area (Å²) >= 11 is 0. The second-order valence-corrected chi connectivity index (χ2v) is 6.19. The highest BCUT2D eigenvalue weighted by Crippen LogP contribution is 2.21. The van der Waals surface area contributed by atoms with Crippen molar-refractivity contribution in [3.05, 3.63) is 24.0 Å². The number of fused-ring (bicyclic) bond motifs is 1. The molecule has 2 fully saturated rings. The quantitative estimate of drug-likeness (QED) is 0.823. The first-order valence-electron chi connectivity index (χ1n) is 8.19. The van der Waals surface area contributed by atoms with Crippen molar-refractivity contribution >= 4 is 17.4 Å². The number of rotatable bonds is 2. The molecule has 4 rings (SSSR count). The summed E-state index contributed by atoms with van der Waals surface area (Å²) < 4.78 is 7.58. The minimum Gasteiger partial charge on any atom is -0.365 e. The van der Waals surface area contributed by atoms with Crippen LogP contribution in [0.5, 0.6) is 0 Å². The number of carbonyl (C=O) groups is 1. The number of likely N-dealkylation sites (tertiary alicyclic amines) is 1. The maximum absolute atomic E-state index is 12.6. The number of anilines is 1. The Hall–Kier alpha value is -2.15. The van der Waals surface area contributed by atoms with Crippen LogP contribution in [0.1, 0.15) is 18.5 Å². The van der Waals surface area contributed by atoms with Gasteiger partial charge in [0.15, 0.2) is 11.8 Å².